The highest BCUT2D eigenvalue weighted by molar-refractivity contribution is 5.89. The molecular weight excluding hydrogens is 228 g/mol. The number of benzene rings is 1. The van der Waals surface area contributed by atoms with Crippen LogP contribution in [0.25, 0.3) is 0 Å². The van der Waals surface area contributed by atoms with E-state index in [9.17, 15) is 4.79 Å². The van der Waals surface area contributed by atoms with E-state index in [2.05, 4.69) is 24.5 Å². The minimum Gasteiger partial charge on any atom is -0.394 e. The number of nitrogens with one attached hydrogen (secondary N) is 2. The van der Waals surface area contributed by atoms with E-state index in [0.29, 0.717) is 5.92 Å². The molecule has 0 spiro atoms. The summed E-state index contributed by atoms with van der Waals surface area (Å²) in [5.41, 5.74) is 2.02. The molecule has 2 atom stereocenters. The fourth-order valence-corrected chi connectivity index (χ4v) is 1.57. The zero-order valence-electron chi connectivity index (χ0n) is 11.2. The number of aliphatic hydroxyl groups is 1. The first-order valence-electron chi connectivity index (χ1n) is 6.35. The second-order valence-electron chi connectivity index (χ2n) is 4.61. The van der Waals surface area contributed by atoms with Gasteiger partial charge < -0.3 is 15.7 Å². The van der Waals surface area contributed by atoms with E-state index in [1.807, 2.05) is 24.3 Å². The maximum atomic E-state index is 11.5. The molecule has 0 heterocycles. The molecule has 0 saturated carbocycles. The summed E-state index contributed by atoms with van der Waals surface area (Å²) in [5, 5.41) is 14.2. The molecule has 0 aliphatic rings. The third-order valence-corrected chi connectivity index (χ3v) is 3.00. The van der Waals surface area contributed by atoms with E-state index < -0.39 is 0 Å². The molecule has 18 heavy (non-hydrogen) atoms. The van der Waals surface area contributed by atoms with Crippen LogP contribution in [0.2, 0.25) is 0 Å². The summed E-state index contributed by atoms with van der Waals surface area (Å²) < 4.78 is 0. The monoisotopic (exact) mass is 250 g/mol. The Morgan fingerprint density at radius 2 is 1.89 bits per heavy atom. The molecule has 4 nitrogen and oxygen atoms in total. The molecule has 2 amide bonds. The van der Waals surface area contributed by atoms with Crippen LogP contribution in [0, 0.1) is 0 Å². The second-order valence-corrected chi connectivity index (χ2v) is 4.61. The molecule has 1 aromatic carbocycles. The van der Waals surface area contributed by atoms with Crippen molar-refractivity contribution in [1.29, 1.82) is 0 Å². The van der Waals surface area contributed by atoms with Gasteiger partial charge in [0.1, 0.15) is 0 Å². The van der Waals surface area contributed by atoms with Crippen LogP contribution < -0.4 is 10.6 Å². The normalized spacial score (nSPS) is 13.8. The Kier molecular flexibility index (Phi) is 5.65. The van der Waals surface area contributed by atoms with Gasteiger partial charge in [0.05, 0.1) is 12.6 Å². The SMILES string of the molecule is CCC(C)c1ccc(NC(=O)N[C@@H](C)CO)cc1. The predicted molar refractivity (Wildman–Crippen MR) is 73.9 cm³/mol. The highest BCUT2D eigenvalue weighted by Gasteiger charge is 2.07. The Morgan fingerprint density at radius 1 is 1.28 bits per heavy atom. The number of rotatable bonds is 5. The van der Waals surface area contributed by atoms with Gasteiger partial charge in [0.25, 0.3) is 0 Å². The van der Waals surface area contributed by atoms with Gasteiger partial charge in [-0.1, -0.05) is 26.0 Å². The third kappa shape index (κ3) is 4.37. The van der Waals surface area contributed by atoms with E-state index in [1.54, 1.807) is 6.92 Å². The summed E-state index contributed by atoms with van der Waals surface area (Å²) in [6.45, 7) is 6.00. The van der Waals surface area contributed by atoms with Crippen molar-refractivity contribution in [2.75, 3.05) is 11.9 Å². The lowest BCUT2D eigenvalue weighted by atomic mass is 9.99. The van der Waals surface area contributed by atoms with Crippen molar-refractivity contribution in [3.63, 3.8) is 0 Å². The highest BCUT2D eigenvalue weighted by Crippen LogP contribution is 2.20. The first-order valence-corrected chi connectivity index (χ1v) is 6.35. The van der Waals surface area contributed by atoms with Gasteiger partial charge in [0, 0.05) is 5.69 Å². The van der Waals surface area contributed by atoms with Crippen LogP contribution >= 0.6 is 0 Å². The lowest BCUT2D eigenvalue weighted by Crippen LogP contribution is -2.38. The number of carbonyl (C=O) groups excluding carboxylic acids is 1. The van der Waals surface area contributed by atoms with Gasteiger partial charge >= 0.3 is 6.03 Å². The summed E-state index contributed by atoms with van der Waals surface area (Å²) in [7, 11) is 0. The molecule has 0 aliphatic carbocycles. The summed E-state index contributed by atoms with van der Waals surface area (Å²) in [6.07, 6.45) is 1.10. The summed E-state index contributed by atoms with van der Waals surface area (Å²) in [5.74, 6) is 0.530. The van der Waals surface area contributed by atoms with Crippen LogP contribution in [-0.4, -0.2) is 23.8 Å². The Hall–Kier alpha value is -1.55. The maximum absolute atomic E-state index is 11.5. The van der Waals surface area contributed by atoms with Crippen molar-refractivity contribution < 1.29 is 9.90 Å². The number of aliphatic hydroxyl groups excluding tert-OH is 1. The Bertz CT molecular complexity index is 376. The molecule has 0 aromatic heterocycles. The van der Waals surface area contributed by atoms with Gasteiger partial charge in [-0.2, -0.15) is 0 Å². The van der Waals surface area contributed by atoms with E-state index in [1.165, 1.54) is 5.56 Å². The zero-order chi connectivity index (χ0) is 13.5. The van der Waals surface area contributed by atoms with Crippen molar-refractivity contribution in [2.45, 2.75) is 39.2 Å². The molecule has 1 rings (SSSR count). The minimum absolute atomic E-state index is 0.0691. The van der Waals surface area contributed by atoms with Crippen LogP contribution in [0.5, 0.6) is 0 Å². The average molecular weight is 250 g/mol. The van der Waals surface area contributed by atoms with Crippen LogP contribution in [0.1, 0.15) is 38.7 Å². The number of hydrogen-bond acceptors (Lipinski definition) is 2. The van der Waals surface area contributed by atoms with Crippen LogP contribution in [-0.2, 0) is 0 Å². The quantitative estimate of drug-likeness (QED) is 0.752. The topological polar surface area (TPSA) is 61.4 Å². The second kappa shape index (κ2) is 7.01. The van der Waals surface area contributed by atoms with Crippen molar-refractivity contribution in [2.24, 2.45) is 0 Å². The molecule has 0 radical (unpaired) electrons. The predicted octanol–water partition coefficient (Wildman–Crippen LogP) is 2.70. The number of hydrogen-bond donors (Lipinski definition) is 3. The minimum atomic E-state index is -0.298. The van der Waals surface area contributed by atoms with Gasteiger partial charge in [-0.05, 0) is 37.0 Å². The van der Waals surface area contributed by atoms with Crippen LogP contribution in [0.4, 0.5) is 10.5 Å². The number of urea groups is 1. The molecule has 1 aromatic rings. The molecule has 1 unspecified atom stereocenters. The molecule has 0 bridgehead atoms. The summed E-state index contributed by atoms with van der Waals surface area (Å²) in [4.78, 5) is 11.5. The van der Waals surface area contributed by atoms with Gasteiger partial charge in [-0.25, -0.2) is 4.79 Å². The first kappa shape index (κ1) is 14.5. The van der Waals surface area contributed by atoms with E-state index in [-0.39, 0.29) is 18.7 Å². The van der Waals surface area contributed by atoms with E-state index in [4.69, 9.17) is 5.11 Å². The lowest BCUT2D eigenvalue weighted by molar-refractivity contribution is 0.229. The number of anilines is 1. The van der Waals surface area contributed by atoms with Gasteiger partial charge in [0.2, 0.25) is 0 Å². The Balaban J connectivity index is 2.55. The third-order valence-electron chi connectivity index (χ3n) is 3.00. The van der Waals surface area contributed by atoms with Crippen LogP contribution in [0.3, 0.4) is 0 Å². The average Bonchev–Trinajstić information content (AvgIpc) is 2.38. The molecule has 4 heteroatoms. The number of carbonyl (C=O) groups is 1. The van der Waals surface area contributed by atoms with Crippen molar-refractivity contribution in [3.8, 4) is 0 Å². The zero-order valence-corrected chi connectivity index (χ0v) is 11.2. The number of amides is 2. The highest BCUT2D eigenvalue weighted by atomic mass is 16.3. The summed E-state index contributed by atoms with van der Waals surface area (Å²) >= 11 is 0. The van der Waals surface area contributed by atoms with Crippen LogP contribution in [0.15, 0.2) is 24.3 Å². The fraction of sp³-hybridized carbons (Fsp3) is 0.500. The summed E-state index contributed by atoms with van der Waals surface area (Å²) in [6, 6.07) is 7.30. The molecule has 0 aliphatic heterocycles. The van der Waals surface area contributed by atoms with Gasteiger partial charge in [-0.3, -0.25) is 0 Å². The Labute approximate surface area is 108 Å². The van der Waals surface area contributed by atoms with Crippen molar-refractivity contribution in [1.82, 2.24) is 5.32 Å². The van der Waals surface area contributed by atoms with Crippen molar-refractivity contribution in [3.05, 3.63) is 29.8 Å². The molecule has 100 valence electrons. The largest absolute Gasteiger partial charge is 0.394 e. The maximum Gasteiger partial charge on any atom is 0.319 e. The van der Waals surface area contributed by atoms with Gasteiger partial charge in [0.15, 0.2) is 0 Å². The smallest absolute Gasteiger partial charge is 0.319 e. The molecular formula is C14H22N2O2. The van der Waals surface area contributed by atoms with Crippen molar-refractivity contribution >= 4 is 11.7 Å². The lowest BCUT2D eigenvalue weighted by Gasteiger charge is -2.13. The fourth-order valence-electron chi connectivity index (χ4n) is 1.57. The van der Waals surface area contributed by atoms with Gasteiger partial charge in [-0.15, -0.1) is 0 Å². The standard InChI is InChI=1S/C14H22N2O2/c1-4-10(2)12-5-7-13(8-6-12)16-14(18)15-11(3)9-17/h5-8,10-11,17H,4,9H2,1-3H3,(H2,15,16,18)/t10?,11-/m0/s1. The van der Waals surface area contributed by atoms with E-state index >= 15 is 0 Å². The molecule has 3 N–H and O–H groups in total. The first-order chi connectivity index (χ1) is 8.56. The molecule has 0 saturated heterocycles. The van der Waals surface area contributed by atoms with E-state index in [0.717, 1.165) is 12.1 Å². The Morgan fingerprint density at radius 3 is 2.39 bits per heavy atom. The molecule has 0 fully saturated rings.